The van der Waals surface area contributed by atoms with E-state index in [4.69, 9.17) is 0 Å². The van der Waals surface area contributed by atoms with Crippen LogP contribution in [0.5, 0.6) is 0 Å². The first-order valence-corrected chi connectivity index (χ1v) is 8.68. The molecule has 0 aliphatic rings. The summed E-state index contributed by atoms with van der Waals surface area (Å²) >= 11 is 0. The first kappa shape index (κ1) is 17.7. The van der Waals surface area contributed by atoms with Gasteiger partial charge in [-0.05, 0) is 49.6 Å². The third kappa shape index (κ3) is 3.75. The van der Waals surface area contributed by atoms with Gasteiger partial charge in [0.2, 0.25) is 0 Å². The van der Waals surface area contributed by atoms with Crippen LogP contribution in [0.4, 0.5) is 0 Å². The molecule has 1 aromatic heterocycles. The number of nitrogens with zero attached hydrogens (tertiary/aromatic N) is 1. The average Bonchev–Trinajstić information content (AvgIpc) is 2.66. The molecule has 132 valence electrons. The van der Waals surface area contributed by atoms with Crippen molar-refractivity contribution in [2.24, 2.45) is 0 Å². The molecule has 0 unspecified atom stereocenters. The molecule has 0 aliphatic heterocycles. The van der Waals surface area contributed by atoms with Crippen LogP contribution < -0.4 is 10.9 Å². The van der Waals surface area contributed by atoms with E-state index < -0.39 is 0 Å². The van der Waals surface area contributed by atoms with E-state index >= 15 is 0 Å². The fourth-order valence-corrected chi connectivity index (χ4v) is 2.94. The van der Waals surface area contributed by atoms with Gasteiger partial charge in [-0.3, -0.25) is 14.2 Å². The second-order valence-corrected chi connectivity index (χ2v) is 6.29. The molecular weight excluding hydrogens is 324 g/mol. The Morgan fingerprint density at radius 2 is 1.58 bits per heavy atom. The highest BCUT2D eigenvalue weighted by atomic mass is 16.2. The topological polar surface area (TPSA) is 51.1 Å². The summed E-state index contributed by atoms with van der Waals surface area (Å²) in [5.41, 5.74) is 3.52. The maximum Gasteiger partial charge on any atom is 0.268 e. The van der Waals surface area contributed by atoms with E-state index in [1.54, 1.807) is 10.6 Å². The first-order valence-electron chi connectivity index (χ1n) is 8.68. The van der Waals surface area contributed by atoms with Crippen LogP contribution in [0.15, 0.2) is 71.5 Å². The standard InChI is InChI=1S/C22H22N2O2/c1-16-15-20(21(25)23-14-13-18-9-5-3-6-10-18)22(26)24(17(16)2)19-11-7-4-8-12-19/h3-12,15H,13-14H2,1-2H3,(H,23,25). The molecule has 1 N–H and O–H groups in total. The molecule has 3 rings (SSSR count). The van der Waals surface area contributed by atoms with Crippen molar-refractivity contribution >= 4 is 5.91 Å². The van der Waals surface area contributed by atoms with Crippen molar-refractivity contribution in [3.63, 3.8) is 0 Å². The predicted octanol–water partition coefficient (Wildman–Crippen LogP) is 3.43. The molecule has 1 heterocycles. The Labute approximate surface area is 153 Å². The lowest BCUT2D eigenvalue weighted by atomic mass is 10.1. The maximum absolute atomic E-state index is 12.9. The summed E-state index contributed by atoms with van der Waals surface area (Å²) in [4.78, 5) is 25.5. The molecule has 0 bridgehead atoms. The third-order valence-electron chi connectivity index (χ3n) is 4.50. The number of pyridine rings is 1. The van der Waals surface area contributed by atoms with Gasteiger partial charge in [-0.25, -0.2) is 0 Å². The number of nitrogens with one attached hydrogen (secondary N) is 1. The van der Waals surface area contributed by atoms with Crippen molar-refractivity contribution in [1.29, 1.82) is 0 Å². The summed E-state index contributed by atoms with van der Waals surface area (Å²) in [5, 5.41) is 2.86. The van der Waals surface area contributed by atoms with Crippen molar-refractivity contribution in [3.05, 3.63) is 99.5 Å². The average molecular weight is 346 g/mol. The highest BCUT2D eigenvalue weighted by Gasteiger charge is 2.16. The zero-order valence-electron chi connectivity index (χ0n) is 15.0. The third-order valence-corrected chi connectivity index (χ3v) is 4.50. The zero-order chi connectivity index (χ0) is 18.5. The molecular formula is C22H22N2O2. The summed E-state index contributed by atoms with van der Waals surface area (Å²) in [6.45, 7) is 4.29. The van der Waals surface area contributed by atoms with Gasteiger partial charge in [-0.2, -0.15) is 0 Å². The summed E-state index contributed by atoms with van der Waals surface area (Å²) in [5.74, 6) is -0.335. The predicted molar refractivity (Wildman–Crippen MR) is 104 cm³/mol. The van der Waals surface area contributed by atoms with Gasteiger partial charge < -0.3 is 5.32 Å². The molecule has 0 atom stereocenters. The van der Waals surface area contributed by atoms with E-state index in [0.717, 1.165) is 28.9 Å². The van der Waals surface area contributed by atoms with Crippen molar-refractivity contribution in [1.82, 2.24) is 9.88 Å². The number of carbonyl (C=O) groups excluding carboxylic acids is 1. The van der Waals surface area contributed by atoms with Crippen LogP contribution in [0.2, 0.25) is 0 Å². The van der Waals surface area contributed by atoms with Crippen molar-refractivity contribution in [3.8, 4) is 5.69 Å². The lowest BCUT2D eigenvalue weighted by molar-refractivity contribution is 0.0952. The Hall–Kier alpha value is -3.14. The highest BCUT2D eigenvalue weighted by molar-refractivity contribution is 5.94. The second kappa shape index (κ2) is 7.83. The number of aromatic nitrogens is 1. The number of aryl methyl sites for hydroxylation is 1. The van der Waals surface area contributed by atoms with Crippen LogP contribution in [0, 0.1) is 13.8 Å². The van der Waals surface area contributed by atoms with E-state index in [2.05, 4.69) is 5.32 Å². The van der Waals surface area contributed by atoms with E-state index in [0.29, 0.717) is 6.54 Å². The minimum atomic E-state index is -0.335. The molecule has 0 spiro atoms. The zero-order valence-corrected chi connectivity index (χ0v) is 15.0. The van der Waals surface area contributed by atoms with Crippen molar-refractivity contribution in [2.75, 3.05) is 6.54 Å². The Morgan fingerprint density at radius 3 is 2.23 bits per heavy atom. The molecule has 0 radical (unpaired) electrons. The number of rotatable bonds is 5. The summed E-state index contributed by atoms with van der Waals surface area (Å²) in [7, 11) is 0. The van der Waals surface area contributed by atoms with Gasteiger partial charge in [0.15, 0.2) is 0 Å². The van der Waals surface area contributed by atoms with Crippen molar-refractivity contribution in [2.45, 2.75) is 20.3 Å². The lowest BCUT2D eigenvalue weighted by Gasteiger charge is -2.15. The van der Waals surface area contributed by atoms with Gasteiger partial charge in [-0.1, -0.05) is 48.5 Å². The number of carbonyl (C=O) groups is 1. The van der Waals surface area contributed by atoms with E-state index in [1.807, 2.05) is 74.5 Å². The van der Waals surface area contributed by atoms with Gasteiger partial charge in [0, 0.05) is 17.9 Å². The Morgan fingerprint density at radius 1 is 0.962 bits per heavy atom. The van der Waals surface area contributed by atoms with E-state index in [-0.39, 0.29) is 17.0 Å². The molecule has 0 saturated carbocycles. The Kier molecular flexibility index (Phi) is 5.32. The van der Waals surface area contributed by atoms with Gasteiger partial charge in [0.05, 0.1) is 0 Å². The lowest BCUT2D eigenvalue weighted by Crippen LogP contribution is -2.34. The van der Waals surface area contributed by atoms with Crippen LogP contribution in [0.1, 0.15) is 27.2 Å². The maximum atomic E-state index is 12.9. The van der Waals surface area contributed by atoms with Crippen LogP contribution in [-0.2, 0) is 6.42 Å². The van der Waals surface area contributed by atoms with Crippen molar-refractivity contribution < 1.29 is 4.79 Å². The molecule has 4 heteroatoms. The molecule has 4 nitrogen and oxygen atoms in total. The van der Waals surface area contributed by atoms with Gasteiger partial charge in [0.1, 0.15) is 5.56 Å². The van der Waals surface area contributed by atoms with E-state index in [1.165, 1.54) is 0 Å². The van der Waals surface area contributed by atoms with Gasteiger partial charge in [0.25, 0.3) is 11.5 Å². The van der Waals surface area contributed by atoms with E-state index in [9.17, 15) is 9.59 Å². The molecule has 0 aliphatic carbocycles. The minimum absolute atomic E-state index is 0.171. The summed E-state index contributed by atoms with van der Waals surface area (Å²) in [6.07, 6.45) is 0.726. The monoisotopic (exact) mass is 346 g/mol. The Bertz CT molecular complexity index is 961. The number of hydrogen-bond donors (Lipinski definition) is 1. The molecule has 1 amide bonds. The normalized spacial score (nSPS) is 10.5. The quantitative estimate of drug-likeness (QED) is 0.769. The number of hydrogen-bond acceptors (Lipinski definition) is 2. The first-order chi connectivity index (χ1) is 12.6. The van der Waals surface area contributed by atoms with Gasteiger partial charge >= 0.3 is 0 Å². The number of para-hydroxylation sites is 1. The number of benzene rings is 2. The van der Waals surface area contributed by atoms with Crippen LogP contribution >= 0.6 is 0 Å². The number of amides is 1. The second-order valence-electron chi connectivity index (χ2n) is 6.29. The van der Waals surface area contributed by atoms with Crippen LogP contribution in [-0.4, -0.2) is 17.0 Å². The van der Waals surface area contributed by atoms with Crippen LogP contribution in [0.3, 0.4) is 0 Å². The van der Waals surface area contributed by atoms with Gasteiger partial charge in [-0.15, -0.1) is 0 Å². The molecule has 26 heavy (non-hydrogen) atoms. The molecule has 0 fully saturated rings. The smallest absolute Gasteiger partial charge is 0.268 e. The SMILES string of the molecule is Cc1cc(C(=O)NCCc2ccccc2)c(=O)n(-c2ccccc2)c1C. The molecule has 0 saturated heterocycles. The Balaban J connectivity index is 1.85. The largest absolute Gasteiger partial charge is 0.352 e. The molecule has 2 aromatic carbocycles. The summed E-state index contributed by atoms with van der Waals surface area (Å²) < 4.78 is 1.60. The summed E-state index contributed by atoms with van der Waals surface area (Å²) in [6, 6.07) is 21.0. The highest BCUT2D eigenvalue weighted by Crippen LogP contribution is 2.13. The fourth-order valence-electron chi connectivity index (χ4n) is 2.94. The van der Waals surface area contributed by atoms with Crippen LogP contribution in [0.25, 0.3) is 5.69 Å². The minimum Gasteiger partial charge on any atom is -0.352 e. The fraction of sp³-hybridized carbons (Fsp3) is 0.182. The molecule has 3 aromatic rings.